The minimum atomic E-state index is -0.997. The number of hydrogen-bond donors (Lipinski definition) is 1. The fraction of sp³-hybridized carbons (Fsp3) is 0.667. The van der Waals surface area contributed by atoms with Crippen molar-refractivity contribution >= 4 is 11.9 Å². The monoisotopic (exact) mass is 243 g/mol. The number of carbonyl (C=O) groups is 2. The highest BCUT2D eigenvalue weighted by Crippen LogP contribution is 2.10. The second-order valence-corrected chi connectivity index (χ2v) is 4.89. The van der Waals surface area contributed by atoms with Crippen molar-refractivity contribution in [2.45, 2.75) is 39.3 Å². The number of nitrogens with zero attached hydrogens (tertiary/aromatic N) is 1. The van der Waals surface area contributed by atoms with Crippen LogP contribution < -0.4 is 0 Å². The van der Waals surface area contributed by atoms with E-state index in [2.05, 4.69) is 0 Å². The summed E-state index contributed by atoms with van der Waals surface area (Å²) in [4.78, 5) is 23.7. The molecular weight excluding hydrogens is 222 g/mol. The normalized spacial score (nSPS) is 14.0. The number of hydrogen-bond acceptors (Lipinski definition) is 4. The molecule has 98 valence electrons. The molecular formula is C12H21NO4. The van der Waals surface area contributed by atoms with Gasteiger partial charge in [-0.05, 0) is 34.7 Å². The molecule has 17 heavy (non-hydrogen) atoms. The van der Waals surface area contributed by atoms with Crippen molar-refractivity contribution < 1.29 is 19.4 Å². The van der Waals surface area contributed by atoms with Crippen molar-refractivity contribution in [2.24, 2.45) is 0 Å². The molecule has 0 unspecified atom stereocenters. The van der Waals surface area contributed by atoms with Crippen LogP contribution in [0.3, 0.4) is 0 Å². The van der Waals surface area contributed by atoms with Crippen LogP contribution in [0, 0.1) is 0 Å². The van der Waals surface area contributed by atoms with E-state index in [1.807, 2.05) is 20.8 Å². The molecule has 1 N–H and O–H groups in total. The van der Waals surface area contributed by atoms with E-state index in [4.69, 9.17) is 9.84 Å². The van der Waals surface area contributed by atoms with Gasteiger partial charge in [0.2, 0.25) is 0 Å². The molecule has 0 aromatic rings. The number of carboxylic acids is 1. The quantitative estimate of drug-likeness (QED) is 0.582. The van der Waals surface area contributed by atoms with Gasteiger partial charge in [-0.2, -0.15) is 0 Å². The van der Waals surface area contributed by atoms with Crippen molar-refractivity contribution in [3.05, 3.63) is 12.2 Å². The van der Waals surface area contributed by atoms with Crippen molar-refractivity contribution in [3.63, 3.8) is 0 Å². The Bertz CT molecular complexity index is 304. The van der Waals surface area contributed by atoms with Crippen LogP contribution in [0.1, 0.15) is 27.7 Å². The highest BCUT2D eigenvalue weighted by molar-refractivity contribution is 5.79. The molecule has 0 fully saturated rings. The molecule has 5 nitrogen and oxygen atoms in total. The summed E-state index contributed by atoms with van der Waals surface area (Å²) in [5, 5.41) is 8.43. The van der Waals surface area contributed by atoms with Crippen molar-refractivity contribution in [1.29, 1.82) is 0 Å². The Kier molecular flexibility index (Phi) is 5.88. The Morgan fingerprint density at radius 1 is 1.41 bits per heavy atom. The lowest BCUT2D eigenvalue weighted by molar-refractivity contribution is -0.160. The van der Waals surface area contributed by atoms with E-state index >= 15 is 0 Å². The lowest BCUT2D eigenvalue weighted by atomic mass is 10.2. The molecule has 0 amide bonds. The summed E-state index contributed by atoms with van der Waals surface area (Å²) in [6.07, 6.45) is 2.54. The predicted octanol–water partition coefficient (Wildman–Crippen LogP) is 1.29. The van der Waals surface area contributed by atoms with Gasteiger partial charge in [-0.3, -0.25) is 9.69 Å². The van der Waals surface area contributed by atoms with Crippen LogP contribution in [0.2, 0.25) is 0 Å². The zero-order valence-corrected chi connectivity index (χ0v) is 11.1. The third-order valence-corrected chi connectivity index (χ3v) is 2.06. The molecule has 0 aliphatic heterocycles. The van der Waals surface area contributed by atoms with Gasteiger partial charge in [0, 0.05) is 12.6 Å². The van der Waals surface area contributed by atoms with Gasteiger partial charge in [-0.25, -0.2) is 4.79 Å². The summed E-state index contributed by atoms with van der Waals surface area (Å²) < 4.78 is 5.23. The summed E-state index contributed by atoms with van der Waals surface area (Å²) in [6.45, 7) is 7.53. The molecule has 0 heterocycles. The van der Waals surface area contributed by atoms with Crippen LogP contribution in [0.15, 0.2) is 12.2 Å². The molecule has 1 atom stereocenters. The maximum absolute atomic E-state index is 11.7. The number of rotatable bonds is 5. The highest BCUT2D eigenvalue weighted by atomic mass is 16.6. The minimum absolute atomic E-state index is 0.316. The largest absolute Gasteiger partial charge is 0.478 e. The maximum Gasteiger partial charge on any atom is 0.328 e. The standard InChI is InChI=1S/C12H21NO4/c1-9(11(16)17-12(2,3)4)13(5)8-6-7-10(14)15/h6-7,9H,8H2,1-5H3,(H,14,15)/b7-6+/t9-/m0/s1. The number of carboxylic acid groups (broad SMARTS) is 1. The summed E-state index contributed by atoms with van der Waals surface area (Å²) >= 11 is 0. The molecule has 0 aliphatic carbocycles. The average Bonchev–Trinajstić information content (AvgIpc) is 2.13. The first-order valence-corrected chi connectivity index (χ1v) is 5.46. The van der Waals surface area contributed by atoms with Crippen LogP contribution in [0.5, 0.6) is 0 Å². The number of aliphatic carboxylic acids is 1. The van der Waals surface area contributed by atoms with Gasteiger partial charge in [-0.1, -0.05) is 6.08 Å². The lowest BCUT2D eigenvalue weighted by Gasteiger charge is -2.26. The third-order valence-electron chi connectivity index (χ3n) is 2.06. The SMILES string of the molecule is C[C@@H](C(=O)OC(C)(C)C)N(C)C/C=C/C(=O)O. The fourth-order valence-electron chi connectivity index (χ4n) is 1.04. The molecule has 0 saturated carbocycles. The fourth-order valence-corrected chi connectivity index (χ4v) is 1.04. The topological polar surface area (TPSA) is 66.8 Å². The van der Waals surface area contributed by atoms with Crippen molar-refractivity contribution in [1.82, 2.24) is 4.90 Å². The van der Waals surface area contributed by atoms with Gasteiger partial charge >= 0.3 is 11.9 Å². The first-order chi connectivity index (χ1) is 7.63. The first-order valence-electron chi connectivity index (χ1n) is 5.46. The zero-order valence-electron chi connectivity index (χ0n) is 11.1. The van der Waals surface area contributed by atoms with Gasteiger partial charge in [0.25, 0.3) is 0 Å². The number of likely N-dealkylation sites (N-methyl/N-ethyl adjacent to an activating group) is 1. The Balaban J connectivity index is 4.25. The van der Waals surface area contributed by atoms with E-state index < -0.39 is 17.6 Å². The Morgan fingerprint density at radius 2 is 1.94 bits per heavy atom. The predicted molar refractivity (Wildman–Crippen MR) is 64.7 cm³/mol. The summed E-state index contributed by atoms with van der Waals surface area (Å²) in [5.74, 6) is -1.31. The second kappa shape index (κ2) is 6.39. The lowest BCUT2D eigenvalue weighted by Crippen LogP contribution is -2.40. The molecule has 0 aliphatic rings. The molecule has 0 aromatic heterocycles. The number of ether oxygens (including phenoxy) is 1. The summed E-state index contributed by atoms with van der Waals surface area (Å²) in [7, 11) is 1.74. The van der Waals surface area contributed by atoms with E-state index in [1.54, 1.807) is 18.9 Å². The van der Waals surface area contributed by atoms with Crippen LogP contribution in [0.25, 0.3) is 0 Å². The molecule has 5 heteroatoms. The van der Waals surface area contributed by atoms with Crippen molar-refractivity contribution in [2.75, 3.05) is 13.6 Å². The van der Waals surface area contributed by atoms with E-state index in [9.17, 15) is 9.59 Å². The summed E-state index contributed by atoms with van der Waals surface area (Å²) in [6, 6.07) is -0.410. The smallest absolute Gasteiger partial charge is 0.328 e. The van der Waals surface area contributed by atoms with Gasteiger partial charge < -0.3 is 9.84 Å². The van der Waals surface area contributed by atoms with Gasteiger partial charge in [-0.15, -0.1) is 0 Å². The Morgan fingerprint density at radius 3 is 2.35 bits per heavy atom. The third kappa shape index (κ3) is 7.52. The molecule has 0 bridgehead atoms. The molecule has 0 spiro atoms. The van der Waals surface area contributed by atoms with Crippen molar-refractivity contribution in [3.8, 4) is 0 Å². The van der Waals surface area contributed by atoms with Crippen LogP contribution in [0.4, 0.5) is 0 Å². The van der Waals surface area contributed by atoms with E-state index in [1.165, 1.54) is 6.08 Å². The van der Waals surface area contributed by atoms with E-state index in [0.29, 0.717) is 6.54 Å². The van der Waals surface area contributed by atoms with Gasteiger partial charge in [0.05, 0.1) is 0 Å². The minimum Gasteiger partial charge on any atom is -0.478 e. The van der Waals surface area contributed by atoms with Crippen LogP contribution in [-0.2, 0) is 14.3 Å². The number of carbonyl (C=O) groups excluding carboxylic acids is 1. The van der Waals surface area contributed by atoms with E-state index in [-0.39, 0.29) is 5.97 Å². The Labute approximate surface area is 102 Å². The van der Waals surface area contributed by atoms with E-state index in [0.717, 1.165) is 6.08 Å². The molecule has 0 radical (unpaired) electrons. The average molecular weight is 243 g/mol. The second-order valence-electron chi connectivity index (χ2n) is 4.89. The number of esters is 1. The van der Waals surface area contributed by atoms with Crippen LogP contribution in [-0.4, -0.2) is 47.2 Å². The maximum atomic E-state index is 11.7. The van der Waals surface area contributed by atoms with Crippen LogP contribution >= 0.6 is 0 Å². The first kappa shape index (κ1) is 15.6. The summed E-state index contributed by atoms with van der Waals surface area (Å²) in [5.41, 5.74) is -0.511. The molecule has 0 saturated heterocycles. The highest BCUT2D eigenvalue weighted by Gasteiger charge is 2.23. The van der Waals surface area contributed by atoms with Gasteiger partial charge in [0.15, 0.2) is 0 Å². The zero-order chi connectivity index (χ0) is 13.6. The molecule has 0 rings (SSSR count). The molecule has 0 aromatic carbocycles. The van der Waals surface area contributed by atoms with Gasteiger partial charge in [0.1, 0.15) is 11.6 Å². The Hall–Kier alpha value is -1.36.